The first-order valence-corrected chi connectivity index (χ1v) is 5.47. The minimum Gasteiger partial charge on any atom is -0.478 e. The van der Waals surface area contributed by atoms with Gasteiger partial charge >= 0.3 is 11.7 Å². The van der Waals surface area contributed by atoms with E-state index in [1.54, 1.807) is 0 Å². The number of hydrogen-bond acceptors (Lipinski definition) is 5. The van der Waals surface area contributed by atoms with Crippen molar-refractivity contribution < 1.29 is 24.4 Å². The van der Waals surface area contributed by atoms with Crippen molar-refractivity contribution in [3.63, 3.8) is 0 Å². The summed E-state index contributed by atoms with van der Waals surface area (Å²) in [4.78, 5) is 31.6. The number of amides is 1. The van der Waals surface area contributed by atoms with Gasteiger partial charge in [0.2, 0.25) is 0 Å². The first-order valence-electron chi connectivity index (χ1n) is 5.47. The fourth-order valence-corrected chi connectivity index (χ4v) is 1.29. The Morgan fingerprint density at radius 1 is 1.50 bits per heavy atom. The number of carboxylic acid groups (broad SMARTS) is 1. The minimum absolute atomic E-state index is 0.0638. The molecule has 0 radical (unpaired) electrons. The number of aliphatic carboxylic acids is 1. The zero-order valence-electron chi connectivity index (χ0n) is 10.5. The van der Waals surface area contributed by atoms with E-state index >= 15 is 0 Å². The molecule has 8 heteroatoms. The van der Waals surface area contributed by atoms with E-state index in [0.29, 0.717) is 5.56 Å². The number of carboxylic acids is 1. The standard InChI is InChI=1S/C12H12N2O6/c1-13-11(15)7-20-10-4-2-8(3-5-12(16)17)6-9(10)14(18)19/h2-6H,7H2,1H3,(H,13,15)(H,16,17)/b5-3+. The smallest absolute Gasteiger partial charge is 0.328 e. The van der Waals surface area contributed by atoms with Gasteiger partial charge < -0.3 is 15.2 Å². The van der Waals surface area contributed by atoms with Crippen molar-refractivity contribution in [2.24, 2.45) is 0 Å². The number of hydrogen-bond donors (Lipinski definition) is 2. The highest BCUT2D eigenvalue weighted by Gasteiger charge is 2.16. The highest BCUT2D eigenvalue weighted by Crippen LogP contribution is 2.28. The van der Waals surface area contributed by atoms with Gasteiger partial charge in [-0.15, -0.1) is 0 Å². The number of nitrogens with one attached hydrogen (secondary N) is 1. The summed E-state index contributed by atoms with van der Waals surface area (Å²) in [6, 6.07) is 3.92. The number of nitro benzene ring substituents is 1. The van der Waals surface area contributed by atoms with Gasteiger partial charge in [0.25, 0.3) is 5.91 Å². The second-order valence-corrected chi connectivity index (χ2v) is 3.62. The average molecular weight is 280 g/mol. The summed E-state index contributed by atoms with van der Waals surface area (Å²) in [6.07, 6.45) is 2.09. The summed E-state index contributed by atoms with van der Waals surface area (Å²) in [6.45, 7) is -0.346. The predicted molar refractivity (Wildman–Crippen MR) is 69.3 cm³/mol. The largest absolute Gasteiger partial charge is 0.478 e. The van der Waals surface area contributed by atoms with Gasteiger partial charge in [0.05, 0.1) is 4.92 Å². The van der Waals surface area contributed by atoms with Crippen molar-refractivity contribution in [3.8, 4) is 5.75 Å². The number of carbonyl (C=O) groups excluding carboxylic acids is 1. The highest BCUT2D eigenvalue weighted by atomic mass is 16.6. The van der Waals surface area contributed by atoms with Crippen LogP contribution >= 0.6 is 0 Å². The molecule has 106 valence electrons. The topological polar surface area (TPSA) is 119 Å². The Morgan fingerprint density at radius 3 is 2.75 bits per heavy atom. The second kappa shape index (κ2) is 6.88. The molecule has 8 nitrogen and oxygen atoms in total. The fraction of sp³-hybridized carbons (Fsp3) is 0.167. The summed E-state index contributed by atoms with van der Waals surface area (Å²) in [5, 5.41) is 21.7. The van der Waals surface area contributed by atoms with Crippen LogP contribution in [0.3, 0.4) is 0 Å². The maximum absolute atomic E-state index is 11.0. The van der Waals surface area contributed by atoms with Gasteiger partial charge in [-0.1, -0.05) is 6.07 Å². The molecule has 0 aliphatic heterocycles. The van der Waals surface area contributed by atoms with Gasteiger partial charge in [-0.3, -0.25) is 14.9 Å². The van der Waals surface area contributed by atoms with Gasteiger partial charge in [0.15, 0.2) is 12.4 Å². The molecule has 0 spiro atoms. The molecule has 0 aromatic heterocycles. The van der Waals surface area contributed by atoms with Gasteiger partial charge in [-0.05, 0) is 17.7 Å². The summed E-state index contributed by atoms with van der Waals surface area (Å²) in [7, 11) is 1.42. The van der Waals surface area contributed by atoms with Gasteiger partial charge in [0.1, 0.15) is 0 Å². The number of carbonyl (C=O) groups is 2. The Balaban J connectivity index is 2.99. The molecular formula is C12H12N2O6. The Bertz CT molecular complexity index is 567. The van der Waals surface area contributed by atoms with E-state index in [4.69, 9.17) is 9.84 Å². The van der Waals surface area contributed by atoms with Crippen LogP contribution in [0.4, 0.5) is 5.69 Å². The maximum Gasteiger partial charge on any atom is 0.328 e. The molecule has 2 N–H and O–H groups in total. The van der Waals surface area contributed by atoms with Crippen LogP contribution in [0, 0.1) is 10.1 Å². The van der Waals surface area contributed by atoms with E-state index in [9.17, 15) is 19.7 Å². The number of ether oxygens (including phenoxy) is 1. The Hall–Kier alpha value is -2.90. The molecule has 0 aliphatic carbocycles. The van der Waals surface area contributed by atoms with Gasteiger partial charge in [0, 0.05) is 19.2 Å². The lowest BCUT2D eigenvalue weighted by Gasteiger charge is -2.06. The molecule has 1 amide bonds. The number of nitro groups is 1. The highest BCUT2D eigenvalue weighted by molar-refractivity contribution is 5.85. The molecular weight excluding hydrogens is 268 g/mol. The Kier molecular flexibility index (Phi) is 5.21. The Labute approximate surface area is 113 Å². The molecule has 0 aliphatic rings. The maximum atomic E-state index is 11.0. The lowest BCUT2D eigenvalue weighted by atomic mass is 10.1. The molecule has 0 heterocycles. The van der Waals surface area contributed by atoms with Crippen LogP contribution < -0.4 is 10.1 Å². The van der Waals surface area contributed by atoms with Crippen molar-refractivity contribution >= 4 is 23.6 Å². The fourth-order valence-electron chi connectivity index (χ4n) is 1.29. The molecule has 0 unspecified atom stereocenters. The van der Waals surface area contributed by atoms with Crippen molar-refractivity contribution in [2.45, 2.75) is 0 Å². The van der Waals surface area contributed by atoms with Crippen molar-refractivity contribution in [1.29, 1.82) is 0 Å². The van der Waals surface area contributed by atoms with Crippen LogP contribution in [-0.2, 0) is 9.59 Å². The lowest BCUT2D eigenvalue weighted by molar-refractivity contribution is -0.385. The summed E-state index contributed by atoms with van der Waals surface area (Å²) >= 11 is 0. The zero-order valence-corrected chi connectivity index (χ0v) is 10.5. The average Bonchev–Trinajstić information content (AvgIpc) is 2.42. The zero-order chi connectivity index (χ0) is 15.1. The predicted octanol–water partition coefficient (Wildman–Crippen LogP) is 0.817. The Morgan fingerprint density at radius 2 is 2.20 bits per heavy atom. The van der Waals surface area contributed by atoms with Gasteiger partial charge in [-0.2, -0.15) is 0 Å². The normalized spacial score (nSPS) is 10.2. The first-order chi connectivity index (χ1) is 9.43. The van der Waals surface area contributed by atoms with E-state index in [2.05, 4.69) is 5.32 Å². The third-order valence-electron chi connectivity index (χ3n) is 2.24. The van der Waals surface area contributed by atoms with Crippen LogP contribution in [-0.4, -0.2) is 35.6 Å². The quantitative estimate of drug-likeness (QED) is 0.452. The molecule has 0 saturated carbocycles. The molecule has 20 heavy (non-hydrogen) atoms. The van der Waals surface area contributed by atoms with Crippen molar-refractivity contribution in [3.05, 3.63) is 40.0 Å². The second-order valence-electron chi connectivity index (χ2n) is 3.62. The van der Waals surface area contributed by atoms with Crippen molar-refractivity contribution in [1.82, 2.24) is 5.32 Å². The molecule has 0 fully saturated rings. The van der Waals surface area contributed by atoms with E-state index in [-0.39, 0.29) is 18.0 Å². The van der Waals surface area contributed by atoms with Crippen LogP contribution in [0.25, 0.3) is 6.08 Å². The molecule has 1 aromatic carbocycles. The molecule has 0 bridgehead atoms. The summed E-state index contributed by atoms with van der Waals surface area (Å²) in [5.74, 6) is -1.65. The first kappa shape index (κ1) is 15.2. The van der Waals surface area contributed by atoms with Crippen LogP contribution in [0.2, 0.25) is 0 Å². The number of rotatable bonds is 6. The number of likely N-dealkylation sites (N-methyl/N-ethyl adjacent to an activating group) is 1. The third-order valence-corrected chi connectivity index (χ3v) is 2.24. The van der Waals surface area contributed by atoms with Crippen LogP contribution in [0.1, 0.15) is 5.56 Å². The molecule has 1 aromatic rings. The van der Waals surface area contributed by atoms with E-state index < -0.39 is 16.8 Å². The van der Waals surface area contributed by atoms with Crippen LogP contribution in [0.5, 0.6) is 5.75 Å². The van der Waals surface area contributed by atoms with Crippen molar-refractivity contribution in [2.75, 3.05) is 13.7 Å². The van der Waals surface area contributed by atoms with E-state index in [0.717, 1.165) is 6.08 Å². The number of nitrogens with zero attached hydrogens (tertiary/aromatic N) is 1. The molecule has 1 rings (SSSR count). The van der Waals surface area contributed by atoms with E-state index in [1.807, 2.05) is 0 Å². The molecule has 0 saturated heterocycles. The number of benzene rings is 1. The summed E-state index contributed by atoms with van der Waals surface area (Å²) in [5.41, 5.74) is -0.00663. The van der Waals surface area contributed by atoms with Gasteiger partial charge in [-0.25, -0.2) is 4.79 Å². The summed E-state index contributed by atoms with van der Waals surface area (Å²) < 4.78 is 5.04. The molecule has 0 atom stereocenters. The van der Waals surface area contributed by atoms with Crippen LogP contribution in [0.15, 0.2) is 24.3 Å². The lowest BCUT2D eigenvalue weighted by Crippen LogP contribution is -2.25. The third kappa shape index (κ3) is 4.41. The van der Waals surface area contributed by atoms with E-state index in [1.165, 1.54) is 31.3 Å². The monoisotopic (exact) mass is 280 g/mol. The SMILES string of the molecule is CNC(=O)COc1ccc(/C=C/C(=O)O)cc1[N+](=O)[O-]. The minimum atomic E-state index is -1.16.